The van der Waals surface area contributed by atoms with Gasteiger partial charge in [0.1, 0.15) is 17.2 Å². The lowest BCUT2D eigenvalue weighted by molar-refractivity contribution is -0.101. The van der Waals surface area contributed by atoms with Crippen molar-refractivity contribution in [2.24, 2.45) is 0 Å². The van der Waals surface area contributed by atoms with E-state index in [1.165, 1.54) is 10.8 Å². The van der Waals surface area contributed by atoms with E-state index in [0.717, 1.165) is 18.8 Å². The molecule has 1 saturated carbocycles. The summed E-state index contributed by atoms with van der Waals surface area (Å²) in [5.41, 5.74) is -2.95. The number of aromatic nitrogens is 2. The van der Waals surface area contributed by atoms with Gasteiger partial charge in [0.15, 0.2) is 17.2 Å². The molecule has 2 aliphatic heterocycles. The summed E-state index contributed by atoms with van der Waals surface area (Å²) in [4.78, 5) is 43.7. The highest BCUT2D eigenvalue weighted by atomic mass is 19.1. The molecular weight excluding hydrogens is 426 g/mol. The number of pyridine rings is 2. The van der Waals surface area contributed by atoms with Gasteiger partial charge in [0, 0.05) is 18.3 Å². The maximum absolute atomic E-state index is 13.8. The number of amides is 2. The van der Waals surface area contributed by atoms with E-state index in [2.05, 4.69) is 10.3 Å². The van der Waals surface area contributed by atoms with Gasteiger partial charge in [0.2, 0.25) is 5.43 Å². The number of halogens is 2. The molecule has 2 amide bonds. The molecule has 32 heavy (non-hydrogen) atoms. The standard InChI is InChI=1S/C21H20F2N4O5/c1-10-9-32-21-4-2-3-15(21)26-8-12(17(28)18(29)16(26)20(31)27(10)21)19(30)25-5-11-13(22)6-24-7-14(11)23/h6-8,10,15,29H,2-5,9H2,1H3,(H,25,30)/t10-,15-,21-/m0/s1. The minimum Gasteiger partial charge on any atom is -0.503 e. The van der Waals surface area contributed by atoms with Crippen molar-refractivity contribution in [2.45, 2.75) is 50.5 Å². The molecule has 2 fully saturated rings. The van der Waals surface area contributed by atoms with E-state index in [0.29, 0.717) is 19.4 Å². The Balaban J connectivity index is 1.54. The van der Waals surface area contributed by atoms with Crippen molar-refractivity contribution in [3.05, 3.63) is 57.3 Å². The SMILES string of the molecule is C[C@H]1CO[C@@]23CCC[C@@H]2n2cc(C(=O)NCc4c(F)cncc4F)c(=O)c(O)c2C(=O)N13. The largest absolute Gasteiger partial charge is 0.503 e. The van der Waals surface area contributed by atoms with Gasteiger partial charge in [0.25, 0.3) is 11.8 Å². The molecule has 1 aliphatic carbocycles. The van der Waals surface area contributed by atoms with Gasteiger partial charge in [-0.2, -0.15) is 0 Å². The van der Waals surface area contributed by atoms with Crippen molar-refractivity contribution in [1.82, 2.24) is 19.8 Å². The van der Waals surface area contributed by atoms with E-state index in [9.17, 15) is 28.3 Å². The number of ether oxygens (including phenoxy) is 1. The number of carbonyl (C=O) groups is 2. The van der Waals surface area contributed by atoms with Crippen LogP contribution in [0.15, 0.2) is 23.4 Å². The summed E-state index contributed by atoms with van der Waals surface area (Å²) >= 11 is 0. The van der Waals surface area contributed by atoms with Crippen LogP contribution in [0.5, 0.6) is 5.75 Å². The van der Waals surface area contributed by atoms with E-state index < -0.39 is 58.0 Å². The van der Waals surface area contributed by atoms with Gasteiger partial charge >= 0.3 is 0 Å². The molecule has 11 heteroatoms. The first-order valence-electron chi connectivity index (χ1n) is 10.3. The van der Waals surface area contributed by atoms with Gasteiger partial charge in [0.05, 0.1) is 31.1 Å². The average Bonchev–Trinajstić information content (AvgIpc) is 3.33. The Kier molecular flexibility index (Phi) is 4.55. The van der Waals surface area contributed by atoms with Crippen LogP contribution in [0, 0.1) is 11.6 Å². The Hall–Kier alpha value is -3.34. The van der Waals surface area contributed by atoms with Gasteiger partial charge in [-0.05, 0) is 26.2 Å². The molecule has 2 aromatic rings. The Bertz CT molecular complexity index is 1200. The molecule has 0 radical (unpaired) electrons. The van der Waals surface area contributed by atoms with Crippen LogP contribution in [0.25, 0.3) is 0 Å². The van der Waals surface area contributed by atoms with Gasteiger partial charge in [-0.3, -0.25) is 19.4 Å². The van der Waals surface area contributed by atoms with Crippen LogP contribution in [0.3, 0.4) is 0 Å². The van der Waals surface area contributed by atoms with Gasteiger partial charge in [-0.25, -0.2) is 8.78 Å². The van der Waals surface area contributed by atoms with E-state index in [1.54, 1.807) is 4.90 Å². The molecule has 9 nitrogen and oxygen atoms in total. The number of hydrogen-bond donors (Lipinski definition) is 2. The quantitative estimate of drug-likeness (QED) is 0.738. The molecule has 1 spiro atoms. The predicted octanol–water partition coefficient (Wildman–Crippen LogP) is 1.45. The van der Waals surface area contributed by atoms with Crippen LogP contribution >= 0.6 is 0 Å². The van der Waals surface area contributed by atoms with E-state index in [4.69, 9.17) is 4.74 Å². The number of aromatic hydroxyl groups is 1. The van der Waals surface area contributed by atoms with Crippen molar-refractivity contribution in [1.29, 1.82) is 0 Å². The minimum atomic E-state index is -1.03. The van der Waals surface area contributed by atoms with Crippen molar-refractivity contribution >= 4 is 11.8 Å². The molecule has 2 N–H and O–H groups in total. The molecule has 0 bridgehead atoms. The van der Waals surface area contributed by atoms with E-state index in [-0.39, 0.29) is 17.8 Å². The van der Waals surface area contributed by atoms with E-state index >= 15 is 0 Å². The second-order valence-corrected chi connectivity index (χ2v) is 8.33. The fourth-order valence-electron chi connectivity index (χ4n) is 5.12. The van der Waals surface area contributed by atoms with Crippen LogP contribution < -0.4 is 10.7 Å². The van der Waals surface area contributed by atoms with Crippen molar-refractivity contribution < 1.29 is 28.2 Å². The summed E-state index contributed by atoms with van der Waals surface area (Å²) in [5.74, 6) is -4.18. The second-order valence-electron chi connectivity index (χ2n) is 8.33. The van der Waals surface area contributed by atoms with Crippen molar-refractivity contribution in [3.63, 3.8) is 0 Å². The van der Waals surface area contributed by atoms with E-state index in [1.807, 2.05) is 6.92 Å². The smallest absolute Gasteiger partial charge is 0.277 e. The zero-order valence-electron chi connectivity index (χ0n) is 17.1. The van der Waals surface area contributed by atoms with Gasteiger partial charge in [-0.15, -0.1) is 0 Å². The Morgan fingerprint density at radius 2 is 2.06 bits per heavy atom. The first kappa shape index (κ1) is 20.6. The fourth-order valence-corrected chi connectivity index (χ4v) is 5.12. The zero-order valence-corrected chi connectivity index (χ0v) is 17.1. The summed E-state index contributed by atoms with van der Waals surface area (Å²) in [6.45, 7) is 1.64. The molecule has 5 rings (SSSR count). The highest BCUT2D eigenvalue weighted by Crippen LogP contribution is 2.52. The average molecular weight is 446 g/mol. The van der Waals surface area contributed by atoms with Crippen LogP contribution in [-0.4, -0.2) is 49.7 Å². The van der Waals surface area contributed by atoms with Crippen molar-refractivity contribution in [2.75, 3.05) is 6.61 Å². The first-order valence-corrected chi connectivity index (χ1v) is 10.3. The predicted molar refractivity (Wildman–Crippen MR) is 105 cm³/mol. The molecule has 1 saturated heterocycles. The molecule has 0 unspecified atom stereocenters. The lowest BCUT2D eigenvalue weighted by Crippen LogP contribution is -2.58. The van der Waals surface area contributed by atoms with Gasteiger partial charge < -0.3 is 24.6 Å². The Labute approximate surface area is 180 Å². The number of nitrogens with zero attached hydrogens (tertiary/aromatic N) is 3. The Morgan fingerprint density at radius 3 is 2.78 bits per heavy atom. The van der Waals surface area contributed by atoms with Crippen molar-refractivity contribution in [3.8, 4) is 5.75 Å². The topological polar surface area (TPSA) is 114 Å². The van der Waals surface area contributed by atoms with Crippen LogP contribution in [0.1, 0.15) is 58.6 Å². The monoisotopic (exact) mass is 446 g/mol. The maximum atomic E-state index is 13.8. The molecular formula is C21H20F2N4O5. The highest BCUT2D eigenvalue weighted by molar-refractivity contribution is 5.99. The summed E-state index contributed by atoms with van der Waals surface area (Å²) in [5, 5.41) is 12.9. The third-order valence-electron chi connectivity index (χ3n) is 6.55. The van der Waals surface area contributed by atoms with Crippen LogP contribution in [-0.2, 0) is 11.3 Å². The lowest BCUT2D eigenvalue weighted by Gasteiger charge is -2.45. The number of rotatable bonds is 3. The number of nitrogens with one attached hydrogen (secondary N) is 1. The normalized spacial score (nSPS) is 26.0. The highest BCUT2D eigenvalue weighted by Gasteiger charge is 2.60. The lowest BCUT2D eigenvalue weighted by atomic mass is 9.98. The first-order chi connectivity index (χ1) is 15.3. The number of carbonyl (C=O) groups excluding carboxylic acids is 2. The molecule has 3 atom stereocenters. The second kappa shape index (κ2) is 7.09. The van der Waals surface area contributed by atoms with Crippen LogP contribution in [0.2, 0.25) is 0 Å². The third-order valence-corrected chi connectivity index (χ3v) is 6.55. The zero-order chi connectivity index (χ0) is 22.8. The summed E-state index contributed by atoms with van der Waals surface area (Å²) in [6.07, 6.45) is 4.83. The number of hydrogen-bond acceptors (Lipinski definition) is 6. The van der Waals surface area contributed by atoms with Crippen LogP contribution in [0.4, 0.5) is 8.78 Å². The van der Waals surface area contributed by atoms with Gasteiger partial charge in [-0.1, -0.05) is 0 Å². The molecule has 4 heterocycles. The summed E-state index contributed by atoms with van der Waals surface area (Å²) in [7, 11) is 0. The Morgan fingerprint density at radius 1 is 1.34 bits per heavy atom. The maximum Gasteiger partial charge on any atom is 0.277 e. The summed E-state index contributed by atoms with van der Waals surface area (Å²) in [6, 6.07) is -0.604. The molecule has 168 valence electrons. The molecule has 3 aliphatic rings. The molecule has 0 aromatic carbocycles. The third kappa shape index (κ3) is 2.70. The number of fused-ring (bicyclic) bond motifs is 2. The molecule has 2 aromatic heterocycles. The fraction of sp³-hybridized carbons (Fsp3) is 0.429. The summed E-state index contributed by atoms with van der Waals surface area (Å²) < 4.78 is 35.1. The minimum absolute atomic E-state index is 0.183.